The molecular weight excluding hydrogens is 378 g/mol. The molecule has 1 heterocycles. The second-order valence-corrected chi connectivity index (χ2v) is 6.49. The highest BCUT2D eigenvalue weighted by molar-refractivity contribution is 5.94. The Hall–Kier alpha value is -3.93. The number of nitrogens with one attached hydrogen (secondary N) is 2. The number of hydrogen-bond donors (Lipinski definition) is 2. The van der Waals surface area contributed by atoms with Crippen LogP contribution in [0.5, 0.6) is 5.75 Å². The summed E-state index contributed by atoms with van der Waals surface area (Å²) in [5.74, 6) is 0.146. The summed E-state index contributed by atoms with van der Waals surface area (Å²) in [5.41, 5.74) is 2.71. The maximum Gasteiger partial charge on any atom is 0.244 e. The first-order chi connectivity index (χ1) is 14.7. The normalized spacial score (nSPS) is 10.5. The quantitative estimate of drug-likeness (QED) is 0.540. The SMILES string of the molecule is O=C(/C=C/c1ccc(OCc2ccccn2)cc1)NCC(=O)NCc1ccccc1. The maximum absolute atomic E-state index is 11.9. The lowest BCUT2D eigenvalue weighted by Crippen LogP contribution is -2.35. The fourth-order valence-corrected chi connectivity index (χ4v) is 2.57. The molecule has 152 valence electrons. The van der Waals surface area contributed by atoms with Crippen LogP contribution >= 0.6 is 0 Å². The van der Waals surface area contributed by atoms with Crippen LogP contribution in [0, 0.1) is 0 Å². The van der Waals surface area contributed by atoms with Crippen molar-refractivity contribution in [3.05, 3.63) is 102 Å². The van der Waals surface area contributed by atoms with Gasteiger partial charge in [-0.2, -0.15) is 0 Å². The summed E-state index contributed by atoms with van der Waals surface area (Å²) in [5, 5.41) is 5.33. The van der Waals surface area contributed by atoms with E-state index in [1.807, 2.05) is 72.8 Å². The zero-order valence-corrected chi connectivity index (χ0v) is 16.5. The summed E-state index contributed by atoms with van der Waals surface area (Å²) in [4.78, 5) is 27.9. The van der Waals surface area contributed by atoms with Gasteiger partial charge in [-0.25, -0.2) is 0 Å². The van der Waals surface area contributed by atoms with E-state index >= 15 is 0 Å². The van der Waals surface area contributed by atoms with Crippen LogP contribution in [0.3, 0.4) is 0 Å². The second kappa shape index (κ2) is 11.2. The van der Waals surface area contributed by atoms with Crippen molar-refractivity contribution >= 4 is 17.9 Å². The van der Waals surface area contributed by atoms with Crippen molar-refractivity contribution in [1.82, 2.24) is 15.6 Å². The van der Waals surface area contributed by atoms with E-state index in [0.717, 1.165) is 22.6 Å². The lowest BCUT2D eigenvalue weighted by atomic mass is 10.2. The van der Waals surface area contributed by atoms with Crippen molar-refractivity contribution in [2.45, 2.75) is 13.2 Å². The third-order valence-electron chi connectivity index (χ3n) is 4.18. The lowest BCUT2D eigenvalue weighted by molar-refractivity contribution is -0.124. The molecule has 6 nitrogen and oxygen atoms in total. The summed E-state index contributed by atoms with van der Waals surface area (Å²) in [7, 11) is 0. The Balaban J connectivity index is 1.38. The zero-order valence-electron chi connectivity index (χ0n) is 16.5. The number of hydrogen-bond acceptors (Lipinski definition) is 4. The molecule has 30 heavy (non-hydrogen) atoms. The summed E-state index contributed by atoms with van der Waals surface area (Å²) >= 11 is 0. The first-order valence-corrected chi connectivity index (χ1v) is 9.58. The van der Waals surface area contributed by atoms with Crippen molar-refractivity contribution in [3.63, 3.8) is 0 Å². The van der Waals surface area contributed by atoms with Crippen LogP contribution in [0.2, 0.25) is 0 Å². The molecule has 0 fully saturated rings. The van der Waals surface area contributed by atoms with Gasteiger partial charge < -0.3 is 15.4 Å². The number of aromatic nitrogens is 1. The number of ether oxygens (including phenoxy) is 1. The third kappa shape index (κ3) is 7.24. The van der Waals surface area contributed by atoms with Crippen LogP contribution in [0.4, 0.5) is 0 Å². The first kappa shape index (κ1) is 20.8. The van der Waals surface area contributed by atoms with Crippen LogP contribution in [-0.4, -0.2) is 23.3 Å². The minimum absolute atomic E-state index is 0.0731. The number of benzene rings is 2. The smallest absolute Gasteiger partial charge is 0.244 e. The van der Waals surface area contributed by atoms with Gasteiger partial charge in [0.05, 0.1) is 12.2 Å². The summed E-state index contributed by atoms with van der Waals surface area (Å²) in [6.07, 6.45) is 4.80. The largest absolute Gasteiger partial charge is 0.487 e. The molecule has 0 radical (unpaired) electrons. The Morgan fingerprint density at radius 2 is 1.67 bits per heavy atom. The average molecular weight is 401 g/mol. The predicted octanol–water partition coefficient (Wildman–Crippen LogP) is 3.11. The Kier molecular flexibility index (Phi) is 7.74. The van der Waals surface area contributed by atoms with Crippen molar-refractivity contribution in [2.75, 3.05) is 6.54 Å². The molecule has 0 unspecified atom stereocenters. The lowest BCUT2D eigenvalue weighted by Gasteiger charge is -2.06. The summed E-state index contributed by atoms with van der Waals surface area (Å²) in [6.45, 7) is 0.751. The molecule has 0 spiro atoms. The first-order valence-electron chi connectivity index (χ1n) is 9.58. The molecule has 0 atom stereocenters. The number of nitrogens with zero attached hydrogens (tertiary/aromatic N) is 1. The van der Waals surface area contributed by atoms with Gasteiger partial charge in [-0.3, -0.25) is 14.6 Å². The van der Waals surface area contributed by atoms with E-state index in [9.17, 15) is 9.59 Å². The van der Waals surface area contributed by atoms with E-state index in [4.69, 9.17) is 4.74 Å². The van der Waals surface area contributed by atoms with Gasteiger partial charge in [0, 0.05) is 18.8 Å². The van der Waals surface area contributed by atoms with E-state index in [-0.39, 0.29) is 18.4 Å². The fourth-order valence-electron chi connectivity index (χ4n) is 2.57. The van der Waals surface area contributed by atoms with Crippen molar-refractivity contribution in [3.8, 4) is 5.75 Å². The number of rotatable bonds is 9. The van der Waals surface area contributed by atoms with Gasteiger partial charge in [-0.1, -0.05) is 48.5 Å². The molecule has 6 heteroatoms. The van der Waals surface area contributed by atoms with Gasteiger partial charge in [0.15, 0.2) is 0 Å². The van der Waals surface area contributed by atoms with Crippen LogP contribution in [0.15, 0.2) is 85.1 Å². The Morgan fingerprint density at radius 3 is 2.40 bits per heavy atom. The molecule has 2 aromatic carbocycles. The average Bonchev–Trinajstić information content (AvgIpc) is 2.80. The Labute approximate surface area is 175 Å². The molecule has 0 saturated carbocycles. The monoisotopic (exact) mass is 401 g/mol. The molecule has 2 N–H and O–H groups in total. The van der Waals surface area contributed by atoms with Gasteiger partial charge in [-0.05, 0) is 41.5 Å². The molecule has 3 aromatic rings. The molecule has 0 aliphatic heterocycles. The highest BCUT2D eigenvalue weighted by atomic mass is 16.5. The molecule has 3 rings (SSSR count). The molecule has 0 aliphatic rings. The second-order valence-electron chi connectivity index (χ2n) is 6.49. The van der Waals surface area contributed by atoms with Gasteiger partial charge in [0.1, 0.15) is 12.4 Å². The van der Waals surface area contributed by atoms with Crippen LogP contribution < -0.4 is 15.4 Å². The minimum atomic E-state index is -0.333. The van der Waals surface area contributed by atoms with Crippen molar-refractivity contribution in [1.29, 1.82) is 0 Å². The zero-order chi connectivity index (χ0) is 21.0. The van der Waals surface area contributed by atoms with E-state index in [2.05, 4.69) is 15.6 Å². The van der Waals surface area contributed by atoms with Crippen LogP contribution in [-0.2, 0) is 22.7 Å². The molecule has 0 aliphatic carbocycles. The van der Waals surface area contributed by atoms with Crippen LogP contribution in [0.1, 0.15) is 16.8 Å². The molecule has 0 saturated heterocycles. The molecule has 2 amide bonds. The Bertz CT molecular complexity index is 972. The third-order valence-corrected chi connectivity index (χ3v) is 4.18. The number of amides is 2. The number of carbonyl (C=O) groups is 2. The maximum atomic E-state index is 11.9. The topological polar surface area (TPSA) is 80.3 Å². The molecular formula is C24H23N3O3. The van der Waals surface area contributed by atoms with E-state index in [1.54, 1.807) is 12.3 Å². The minimum Gasteiger partial charge on any atom is -0.487 e. The van der Waals surface area contributed by atoms with E-state index in [0.29, 0.717) is 13.2 Å². The number of pyridine rings is 1. The van der Waals surface area contributed by atoms with Crippen molar-refractivity contribution in [2.24, 2.45) is 0 Å². The highest BCUT2D eigenvalue weighted by Gasteiger charge is 2.03. The molecule has 1 aromatic heterocycles. The van der Waals surface area contributed by atoms with Gasteiger partial charge in [-0.15, -0.1) is 0 Å². The van der Waals surface area contributed by atoms with Gasteiger partial charge >= 0.3 is 0 Å². The Morgan fingerprint density at radius 1 is 0.900 bits per heavy atom. The van der Waals surface area contributed by atoms with Gasteiger partial charge in [0.25, 0.3) is 0 Å². The van der Waals surface area contributed by atoms with E-state index in [1.165, 1.54) is 6.08 Å². The summed E-state index contributed by atoms with van der Waals surface area (Å²) < 4.78 is 5.68. The predicted molar refractivity (Wildman–Crippen MR) is 115 cm³/mol. The van der Waals surface area contributed by atoms with Crippen molar-refractivity contribution < 1.29 is 14.3 Å². The highest BCUT2D eigenvalue weighted by Crippen LogP contribution is 2.14. The number of carbonyl (C=O) groups excluding carboxylic acids is 2. The summed E-state index contributed by atoms with van der Waals surface area (Å²) in [6, 6.07) is 22.6. The molecule has 0 bridgehead atoms. The standard InChI is InChI=1S/C24H23N3O3/c28-23(27-17-24(29)26-16-20-6-2-1-3-7-20)14-11-19-9-12-22(13-10-19)30-18-21-8-4-5-15-25-21/h1-15H,16-18H2,(H,26,29)(H,27,28)/b14-11+. The van der Waals surface area contributed by atoms with Crippen LogP contribution in [0.25, 0.3) is 6.08 Å². The van der Waals surface area contributed by atoms with E-state index < -0.39 is 0 Å². The fraction of sp³-hybridized carbons (Fsp3) is 0.125. The van der Waals surface area contributed by atoms with Gasteiger partial charge in [0.2, 0.25) is 11.8 Å².